The minimum absolute atomic E-state index is 0.357. The second kappa shape index (κ2) is 15.2. The second-order valence-electron chi connectivity index (χ2n) is 4.26. The maximum absolute atomic E-state index is 8.03. The molecule has 112 valence electrons. The van der Waals surface area contributed by atoms with Gasteiger partial charge in [-0.1, -0.05) is 19.0 Å². The van der Waals surface area contributed by atoms with E-state index < -0.39 is 0 Å². The highest BCUT2D eigenvalue weighted by atomic mass is 16.6. The average molecular weight is 275 g/mol. The van der Waals surface area contributed by atoms with Crippen molar-refractivity contribution in [1.29, 1.82) is 0 Å². The first-order valence-electron chi connectivity index (χ1n) is 6.59. The van der Waals surface area contributed by atoms with Crippen LogP contribution in [0.25, 0.3) is 10.4 Å². The number of nitrogens with zero attached hydrogens (tertiary/aromatic N) is 3. The number of rotatable bonds is 14. The summed E-state index contributed by atoms with van der Waals surface area (Å²) in [4.78, 5) is 2.62. The normalized spacial score (nSPS) is 10.7. The molecule has 0 spiro atoms. The molecule has 0 aromatic rings. The summed E-state index contributed by atoms with van der Waals surface area (Å²) in [7, 11) is 0. The highest BCUT2D eigenvalue weighted by Gasteiger charge is 1.94. The lowest BCUT2D eigenvalue weighted by Gasteiger charge is -2.08. The molecule has 0 aliphatic carbocycles. The van der Waals surface area contributed by atoms with Gasteiger partial charge in [0.2, 0.25) is 0 Å². The SMILES string of the molecule is CC(C)COCCOCCOCCOCCN=[N+]=[N-]. The largest absolute Gasteiger partial charge is 0.379 e. The van der Waals surface area contributed by atoms with Crippen LogP contribution in [0.5, 0.6) is 0 Å². The number of azide groups is 1. The topological polar surface area (TPSA) is 85.7 Å². The molecule has 0 rings (SSSR count). The molecule has 0 aromatic carbocycles. The van der Waals surface area contributed by atoms with Crippen LogP contribution in [0.1, 0.15) is 13.8 Å². The standard InChI is InChI=1S/C12H25N3O4/c1-12(2)11-19-10-9-18-8-7-17-6-5-16-4-3-14-15-13/h12H,3-11H2,1-2H3. The van der Waals surface area contributed by atoms with Crippen molar-refractivity contribution in [2.75, 3.05) is 59.4 Å². The van der Waals surface area contributed by atoms with E-state index in [0.29, 0.717) is 58.7 Å². The molecule has 0 heterocycles. The van der Waals surface area contributed by atoms with Crippen molar-refractivity contribution in [2.24, 2.45) is 11.0 Å². The summed E-state index contributed by atoms with van der Waals surface area (Å²) in [6.45, 7) is 9.13. The number of hydrogen-bond donors (Lipinski definition) is 0. The molecule has 0 saturated heterocycles. The third kappa shape index (κ3) is 17.1. The Morgan fingerprint density at radius 3 is 1.79 bits per heavy atom. The zero-order chi connectivity index (χ0) is 14.2. The van der Waals surface area contributed by atoms with E-state index in [1.54, 1.807) is 0 Å². The molecule has 0 N–H and O–H groups in total. The van der Waals surface area contributed by atoms with Crippen LogP contribution in [0.2, 0.25) is 0 Å². The number of hydrogen-bond acceptors (Lipinski definition) is 5. The summed E-state index contributed by atoms with van der Waals surface area (Å²) in [5.74, 6) is 0.558. The third-order valence-electron chi connectivity index (χ3n) is 1.97. The van der Waals surface area contributed by atoms with E-state index in [-0.39, 0.29) is 0 Å². The Kier molecular flexibility index (Phi) is 14.5. The van der Waals surface area contributed by atoms with Crippen LogP contribution in [-0.2, 0) is 18.9 Å². The van der Waals surface area contributed by atoms with Crippen LogP contribution in [-0.4, -0.2) is 59.4 Å². The van der Waals surface area contributed by atoms with Crippen molar-refractivity contribution in [3.63, 3.8) is 0 Å². The van der Waals surface area contributed by atoms with E-state index in [0.717, 1.165) is 6.61 Å². The van der Waals surface area contributed by atoms with Crippen LogP contribution >= 0.6 is 0 Å². The van der Waals surface area contributed by atoms with Gasteiger partial charge in [0.15, 0.2) is 0 Å². The monoisotopic (exact) mass is 275 g/mol. The van der Waals surface area contributed by atoms with Crippen LogP contribution in [0, 0.1) is 5.92 Å². The van der Waals surface area contributed by atoms with Gasteiger partial charge < -0.3 is 18.9 Å². The third-order valence-corrected chi connectivity index (χ3v) is 1.97. The first-order valence-corrected chi connectivity index (χ1v) is 6.59. The summed E-state index contributed by atoms with van der Waals surface area (Å²) in [5, 5.41) is 3.35. The summed E-state index contributed by atoms with van der Waals surface area (Å²) in [5.41, 5.74) is 8.03. The van der Waals surface area contributed by atoms with Gasteiger partial charge in [0.1, 0.15) is 0 Å². The van der Waals surface area contributed by atoms with Crippen molar-refractivity contribution in [3.8, 4) is 0 Å². The summed E-state index contributed by atoms with van der Waals surface area (Å²) < 4.78 is 21.2. The lowest BCUT2D eigenvalue weighted by molar-refractivity contribution is -0.00386. The Morgan fingerprint density at radius 2 is 1.32 bits per heavy atom. The molecule has 0 aliphatic heterocycles. The predicted molar refractivity (Wildman–Crippen MR) is 72.1 cm³/mol. The van der Waals surface area contributed by atoms with Crippen LogP contribution < -0.4 is 0 Å². The van der Waals surface area contributed by atoms with Gasteiger partial charge in [-0.3, -0.25) is 0 Å². The molecule has 19 heavy (non-hydrogen) atoms. The van der Waals surface area contributed by atoms with Crippen molar-refractivity contribution < 1.29 is 18.9 Å². The molecule has 0 saturated carbocycles. The Balaban J connectivity index is 2.97. The van der Waals surface area contributed by atoms with E-state index in [1.165, 1.54) is 0 Å². The van der Waals surface area contributed by atoms with Crippen molar-refractivity contribution in [3.05, 3.63) is 10.4 Å². The first kappa shape index (κ1) is 18.1. The minimum atomic E-state index is 0.357. The molecule has 0 atom stereocenters. The molecule has 0 fully saturated rings. The zero-order valence-electron chi connectivity index (χ0n) is 11.9. The minimum Gasteiger partial charge on any atom is -0.379 e. The van der Waals surface area contributed by atoms with Crippen LogP contribution in [0.4, 0.5) is 0 Å². The first-order chi connectivity index (χ1) is 9.27. The molecule has 0 bridgehead atoms. The second-order valence-corrected chi connectivity index (χ2v) is 4.26. The van der Waals surface area contributed by atoms with E-state index >= 15 is 0 Å². The Labute approximate surface area is 114 Å². The van der Waals surface area contributed by atoms with Crippen LogP contribution in [0.3, 0.4) is 0 Å². The highest BCUT2D eigenvalue weighted by Crippen LogP contribution is 1.91. The summed E-state index contributed by atoms with van der Waals surface area (Å²) >= 11 is 0. The van der Waals surface area contributed by atoms with E-state index in [2.05, 4.69) is 23.9 Å². The molecule has 0 aromatic heterocycles. The maximum Gasteiger partial charge on any atom is 0.0701 e. The van der Waals surface area contributed by atoms with Gasteiger partial charge in [0.05, 0.1) is 46.2 Å². The maximum atomic E-state index is 8.03. The predicted octanol–water partition coefficient (Wildman–Crippen LogP) is 2.02. The van der Waals surface area contributed by atoms with E-state index in [9.17, 15) is 0 Å². The Bertz CT molecular complexity index is 233. The van der Waals surface area contributed by atoms with Gasteiger partial charge in [0.25, 0.3) is 0 Å². The molecule has 0 unspecified atom stereocenters. The van der Waals surface area contributed by atoms with Gasteiger partial charge in [-0.25, -0.2) is 0 Å². The average Bonchev–Trinajstić information content (AvgIpc) is 2.39. The van der Waals surface area contributed by atoms with E-state index in [1.807, 2.05) is 0 Å². The van der Waals surface area contributed by atoms with Gasteiger partial charge in [-0.15, -0.1) is 0 Å². The highest BCUT2D eigenvalue weighted by molar-refractivity contribution is 4.44. The molecular formula is C12H25N3O4. The van der Waals surface area contributed by atoms with Crippen molar-refractivity contribution in [1.82, 2.24) is 0 Å². The quantitative estimate of drug-likeness (QED) is 0.210. The van der Waals surface area contributed by atoms with E-state index in [4.69, 9.17) is 24.5 Å². The van der Waals surface area contributed by atoms with Crippen molar-refractivity contribution >= 4 is 0 Å². The molecule has 0 amide bonds. The van der Waals surface area contributed by atoms with Crippen LogP contribution in [0.15, 0.2) is 5.11 Å². The lowest BCUT2D eigenvalue weighted by Crippen LogP contribution is -2.13. The molecule has 0 aliphatic rings. The fourth-order valence-corrected chi connectivity index (χ4v) is 1.13. The molecule has 7 heteroatoms. The smallest absolute Gasteiger partial charge is 0.0701 e. The Hall–Kier alpha value is -0.850. The molecule has 0 radical (unpaired) electrons. The fourth-order valence-electron chi connectivity index (χ4n) is 1.13. The van der Waals surface area contributed by atoms with Gasteiger partial charge in [-0.05, 0) is 11.4 Å². The summed E-state index contributed by atoms with van der Waals surface area (Å²) in [6.07, 6.45) is 0. The van der Waals surface area contributed by atoms with Crippen molar-refractivity contribution in [2.45, 2.75) is 13.8 Å². The van der Waals surface area contributed by atoms with Gasteiger partial charge >= 0.3 is 0 Å². The zero-order valence-corrected chi connectivity index (χ0v) is 11.9. The van der Waals surface area contributed by atoms with Gasteiger partial charge in [0, 0.05) is 18.1 Å². The number of ether oxygens (including phenoxy) is 4. The summed E-state index contributed by atoms with van der Waals surface area (Å²) in [6, 6.07) is 0. The lowest BCUT2D eigenvalue weighted by atomic mass is 10.2. The Morgan fingerprint density at radius 1 is 0.842 bits per heavy atom. The molecule has 7 nitrogen and oxygen atoms in total. The fraction of sp³-hybridized carbons (Fsp3) is 1.00. The van der Waals surface area contributed by atoms with Gasteiger partial charge in [-0.2, -0.15) is 0 Å². The molecular weight excluding hydrogens is 250 g/mol.